The first kappa shape index (κ1) is 27.9. The van der Waals surface area contributed by atoms with Gasteiger partial charge in [0.25, 0.3) is 5.91 Å². The summed E-state index contributed by atoms with van der Waals surface area (Å²) >= 11 is 8.04. The van der Waals surface area contributed by atoms with Gasteiger partial charge < -0.3 is 24.5 Å². The van der Waals surface area contributed by atoms with Crippen LogP contribution >= 0.6 is 23.4 Å². The molecule has 4 aliphatic heterocycles. The van der Waals surface area contributed by atoms with Crippen LogP contribution in [0.25, 0.3) is 0 Å². The largest absolute Gasteiger partial charge is 0.494 e. The van der Waals surface area contributed by atoms with Gasteiger partial charge in [0.2, 0.25) is 11.8 Å². The van der Waals surface area contributed by atoms with Crippen LogP contribution in [0.4, 0.5) is 11.4 Å². The lowest BCUT2D eigenvalue weighted by molar-refractivity contribution is -0.138. The number of hydrogen-bond acceptors (Lipinski definition) is 6. The number of carbonyl (C=O) groups excluding carboxylic acids is 3. The van der Waals surface area contributed by atoms with Crippen LogP contribution in [-0.2, 0) is 14.4 Å². The van der Waals surface area contributed by atoms with Crippen molar-refractivity contribution in [3.63, 3.8) is 0 Å². The topological polar surface area (TPSA) is 90.4 Å². The van der Waals surface area contributed by atoms with Crippen molar-refractivity contribution in [1.82, 2.24) is 4.90 Å². The molecule has 0 aromatic heterocycles. The fourth-order valence-electron chi connectivity index (χ4n) is 6.63. The molecule has 1 unspecified atom stereocenters. The Kier molecular flexibility index (Phi) is 7.61. The number of aliphatic hydroxyl groups is 1. The van der Waals surface area contributed by atoms with Gasteiger partial charge in [0, 0.05) is 37.2 Å². The van der Waals surface area contributed by atoms with Crippen LogP contribution in [0.3, 0.4) is 0 Å². The van der Waals surface area contributed by atoms with Gasteiger partial charge in [-0.05, 0) is 49.7 Å². The van der Waals surface area contributed by atoms with Crippen LogP contribution in [-0.4, -0.2) is 76.6 Å². The second-order valence-electron chi connectivity index (χ2n) is 10.6. The zero-order chi connectivity index (χ0) is 28.7. The first-order valence-electron chi connectivity index (χ1n) is 13.9. The summed E-state index contributed by atoms with van der Waals surface area (Å²) in [6.07, 6.45) is 8.24. The Hall–Kier alpha value is -3.27. The van der Waals surface area contributed by atoms with Crippen LogP contribution in [0.5, 0.6) is 5.75 Å². The fourth-order valence-corrected chi connectivity index (χ4v) is 8.87. The van der Waals surface area contributed by atoms with Crippen molar-refractivity contribution in [3.8, 4) is 5.75 Å². The molecule has 4 heterocycles. The average molecular weight is 594 g/mol. The van der Waals surface area contributed by atoms with E-state index in [1.54, 1.807) is 26.8 Å². The lowest BCUT2D eigenvalue weighted by atomic mass is 9.78. The monoisotopic (exact) mass is 593 g/mol. The lowest BCUT2D eigenvalue weighted by Gasteiger charge is -2.35. The number of rotatable bonds is 7. The van der Waals surface area contributed by atoms with Crippen LogP contribution in [0, 0.1) is 11.8 Å². The summed E-state index contributed by atoms with van der Waals surface area (Å²) in [6, 6.07) is 13.7. The highest BCUT2D eigenvalue weighted by Gasteiger charge is 2.71. The van der Waals surface area contributed by atoms with Crippen molar-refractivity contribution in [2.24, 2.45) is 11.8 Å². The van der Waals surface area contributed by atoms with E-state index in [9.17, 15) is 19.5 Å². The molecule has 0 aliphatic carbocycles. The van der Waals surface area contributed by atoms with Crippen molar-refractivity contribution in [2.75, 3.05) is 42.6 Å². The maximum absolute atomic E-state index is 14.4. The summed E-state index contributed by atoms with van der Waals surface area (Å²) in [5.74, 6) is -1.25. The van der Waals surface area contributed by atoms with E-state index < -0.39 is 22.6 Å². The predicted octanol–water partition coefficient (Wildman–Crippen LogP) is 3.92. The van der Waals surface area contributed by atoms with Crippen LogP contribution < -0.4 is 14.5 Å². The molecule has 10 heteroatoms. The van der Waals surface area contributed by atoms with Crippen molar-refractivity contribution in [1.29, 1.82) is 0 Å². The molecule has 1 spiro atoms. The minimum atomic E-state index is -0.934. The zero-order valence-corrected chi connectivity index (χ0v) is 24.3. The molecule has 4 aliphatic rings. The molecule has 0 radical (unpaired) electrons. The van der Waals surface area contributed by atoms with E-state index in [0.717, 1.165) is 11.4 Å². The van der Waals surface area contributed by atoms with Crippen molar-refractivity contribution >= 4 is 52.5 Å². The maximum atomic E-state index is 14.4. The molecule has 6 rings (SSSR count). The molecule has 0 saturated carbocycles. The van der Waals surface area contributed by atoms with Gasteiger partial charge >= 0.3 is 0 Å². The summed E-state index contributed by atoms with van der Waals surface area (Å²) in [4.78, 5) is 47.9. The Bertz CT molecular complexity index is 1410. The van der Waals surface area contributed by atoms with Gasteiger partial charge in [-0.15, -0.1) is 11.8 Å². The van der Waals surface area contributed by atoms with E-state index in [1.165, 1.54) is 11.8 Å². The summed E-state index contributed by atoms with van der Waals surface area (Å²) in [5, 5.41) is 9.81. The van der Waals surface area contributed by atoms with E-state index in [2.05, 4.69) is 0 Å². The molecule has 1 N–H and O–H groups in total. The van der Waals surface area contributed by atoms with Gasteiger partial charge in [-0.25, -0.2) is 0 Å². The Morgan fingerprint density at radius 1 is 1.00 bits per heavy atom. The first-order valence-corrected chi connectivity index (χ1v) is 15.2. The van der Waals surface area contributed by atoms with Gasteiger partial charge in [0.15, 0.2) is 0 Å². The molecule has 2 aromatic rings. The quantitative estimate of drug-likeness (QED) is 0.490. The van der Waals surface area contributed by atoms with Crippen LogP contribution in [0.15, 0.2) is 72.8 Å². The van der Waals surface area contributed by atoms with E-state index >= 15 is 0 Å². The Morgan fingerprint density at radius 3 is 2.49 bits per heavy atom. The van der Waals surface area contributed by atoms with Gasteiger partial charge in [0.05, 0.1) is 33.9 Å². The fraction of sp³-hybridized carbons (Fsp3) is 0.387. The summed E-state index contributed by atoms with van der Waals surface area (Å²) in [5.41, 5.74) is 1.31. The number of likely N-dealkylation sites (tertiary alicyclic amines) is 1. The minimum Gasteiger partial charge on any atom is -0.494 e. The van der Waals surface area contributed by atoms with Crippen molar-refractivity contribution < 1.29 is 24.2 Å². The van der Waals surface area contributed by atoms with E-state index in [4.69, 9.17) is 16.3 Å². The second kappa shape index (κ2) is 11.2. The lowest BCUT2D eigenvalue weighted by Crippen LogP contribution is -2.53. The van der Waals surface area contributed by atoms with Gasteiger partial charge in [-0.2, -0.15) is 0 Å². The number of nitrogens with zero attached hydrogens (tertiary/aromatic N) is 3. The predicted molar refractivity (Wildman–Crippen MR) is 160 cm³/mol. The van der Waals surface area contributed by atoms with Gasteiger partial charge in [-0.3, -0.25) is 14.4 Å². The first-order chi connectivity index (χ1) is 19.9. The highest BCUT2D eigenvalue weighted by molar-refractivity contribution is 8.02. The maximum Gasteiger partial charge on any atom is 0.251 e. The zero-order valence-electron chi connectivity index (χ0n) is 22.7. The van der Waals surface area contributed by atoms with Crippen molar-refractivity contribution in [3.05, 3.63) is 77.9 Å². The number of carbonyl (C=O) groups is 3. The van der Waals surface area contributed by atoms with Crippen LogP contribution in [0.1, 0.15) is 13.3 Å². The van der Waals surface area contributed by atoms with Gasteiger partial charge in [-0.1, -0.05) is 48.0 Å². The Morgan fingerprint density at radius 2 is 1.76 bits per heavy atom. The second-order valence-corrected chi connectivity index (χ2v) is 12.5. The number of para-hydroxylation sites is 1. The molecule has 2 aromatic carbocycles. The third kappa shape index (κ3) is 4.54. The average Bonchev–Trinajstić information content (AvgIpc) is 3.28. The number of benzene rings is 2. The molecule has 5 atom stereocenters. The molecule has 8 nitrogen and oxygen atoms in total. The standard InChI is InChI=1S/C31H32ClN3O5S/c1-2-40-21-13-11-20(12-14-21)33-16-5-10-24-25(28(33)37)26-29(38)35(18-7-19-36)27-30(39)34(17-6-15-31(26,27)41-24)23-9-4-3-8-22(23)32/h3-6,8-15,24-27,36H,2,7,16-19H2,1H3/t24-,25+,26-,27?,31-/m0/s1. The molecule has 2 fully saturated rings. The normalized spacial score (nSPS) is 28.9. The molecule has 214 valence electrons. The number of amides is 3. The Balaban J connectivity index is 1.40. The van der Waals surface area contributed by atoms with E-state index in [1.807, 2.05) is 67.6 Å². The molecular weight excluding hydrogens is 562 g/mol. The molecule has 2 saturated heterocycles. The number of ether oxygens (including phenoxy) is 1. The Labute approximate surface area is 248 Å². The van der Waals surface area contributed by atoms with E-state index in [0.29, 0.717) is 36.8 Å². The smallest absolute Gasteiger partial charge is 0.251 e. The highest BCUT2D eigenvalue weighted by atomic mass is 35.5. The van der Waals surface area contributed by atoms with Crippen LogP contribution in [0.2, 0.25) is 5.02 Å². The number of hydrogen-bond donors (Lipinski definition) is 1. The number of thioether (sulfide) groups is 1. The summed E-state index contributed by atoms with van der Waals surface area (Å²) in [6.45, 7) is 3.26. The number of anilines is 2. The number of halogens is 1. The highest BCUT2D eigenvalue weighted by Crippen LogP contribution is 2.61. The van der Waals surface area contributed by atoms with Gasteiger partial charge in [0.1, 0.15) is 11.8 Å². The third-order valence-corrected chi connectivity index (χ3v) is 10.4. The SMILES string of the molecule is CCOc1ccc(N2CC=C[C@@H]3S[C@]45C=CCN(c6ccccc6Cl)C(=O)C4N(CCCO)C(=O)[C@@H]5[C@@H]3C2=O)cc1. The number of aliphatic hydroxyl groups excluding tert-OH is 1. The molecule has 3 amide bonds. The summed E-state index contributed by atoms with van der Waals surface area (Å²) < 4.78 is 4.64. The number of fused-ring (bicyclic) bond motifs is 2. The van der Waals surface area contributed by atoms with Crippen molar-refractivity contribution in [2.45, 2.75) is 29.4 Å². The van der Waals surface area contributed by atoms with E-state index in [-0.39, 0.29) is 36.1 Å². The minimum absolute atomic E-state index is 0.112. The third-order valence-electron chi connectivity index (χ3n) is 8.32. The molecule has 41 heavy (non-hydrogen) atoms. The molecule has 0 bridgehead atoms. The summed E-state index contributed by atoms with van der Waals surface area (Å²) in [7, 11) is 0. The molecular formula is C31H32ClN3O5S.